The number of hydrogen-bond acceptors (Lipinski definition) is 6. The van der Waals surface area contributed by atoms with Crippen LogP contribution in [0.25, 0.3) is 5.65 Å². The van der Waals surface area contributed by atoms with Crippen LogP contribution in [0.1, 0.15) is 12.5 Å². The number of hydrogen-bond donors (Lipinski definition) is 1. The van der Waals surface area contributed by atoms with Gasteiger partial charge in [-0.25, -0.2) is 18.9 Å². The molecule has 2 aromatic carbocycles. The number of carbonyl (C=O) groups excluding carboxylic acids is 1. The van der Waals surface area contributed by atoms with Crippen LogP contribution in [0, 0.1) is 6.92 Å². The van der Waals surface area contributed by atoms with E-state index in [0.717, 1.165) is 20.9 Å². The predicted molar refractivity (Wildman–Crippen MR) is 119 cm³/mol. The van der Waals surface area contributed by atoms with E-state index in [1.165, 1.54) is 16.2 Å². The zero-order valence-corrected chi connectivity index (χ0v) is 17.9. The van der Waals surface area contributed by atoms with Crippen molar-refractivity contribution in [3.8, 4) is 5.75 Å². The molecule has 1 N–H and O–H groups in total. The second-order valence-corrected chi connectivity index (χ2v) is 7.85. The van der Waals surface area contributed by atoms with Gasteiger partial charge < -0.3 is 10.1 Å². The summed E-state index contributed by atoms with van der Waals surface area (Å²) in [4.78, 5) is 30.5. The molecule has 0 atom stereocenters. The first-order valence-corrected chi connectivity index (χ1v) is 10.6. The number of aryl methyl sites for hydroxylation is 1. The Morgan fingerprint density at radius 3 is 2.58 bits per heavy atom. The molecule has 158 valence electrons. The molecular formula is C22H21N5O3S. The molecule has 0 bridgehead atoms. The fraction of sp³-hybridized carbons (Fsp3) is 0.182. The largest absolute Gasteiger partial charge is 0.494 e. The van der Waals surface area contributed by atoms with Gasteiger partial charge >= 0.3 is 5.69 Å². The number of ether oxygens (including phenoxy) is 1. The molecule has 0 spiro atoms. The number of fused-ring (bicyclic) bond motifs is 1. The van der Waals surface area contributed by atoms with Gasteiger partial charge in [0.25, 0.3) is 0 Å². The van der Waals surface area contributed by atoms with Gasteiger partial charge in [0.15, 0.2) is 5.65 Å². The smallest absolute Gasteiger partial charge is 0.350 e. The van der Waals surface area contributed by atoms with E-state index >= 15 is 0 Å². The van der Waals surface area contributed by atoms with Gasteiger partial charge in [0.1, 0.15) is 17.3 Å². The van der Waals surface area contributed by atoms with Gasteiger partial charge in [-0.05, 0) is 50.2 Å². The highest BCUT2D eigenvalue weighted by Gasteiger charge is 2.15. The number of rotatable bonds is 7. The van der Waals surface area contributed by atoms with Crippen LogP contribution in [0.2, 0.25) is 0 Å². The lowest BCUT2D eigenvalue weighted by Crippen LogP contribution is -2.28. The third-order valence-electron chi connectivity index (χ3n) is 4.45. The molecule has 1 amide bonds. The monoisotopic (exact) mass is 435 g/mol. The van der Waals surface area contributed by atoms with Crippen molar-refractivity contribution in [2.75, 3.05) is 11.9 Å². The molecule has 0 fully saturated rings. The lowest BCUT2D eigenvalue weighted by molar-refractivity contribution is -0.117. The summed E-state index contributed by atoms with van der Waals surface area (Å²) in [5.74, 6) is 0.374. The lowest BCUT2D eigenvalue weighted by atomic mass is 10.2. The normalized spacial score (nSPS) is 10.9. The molecule has 0 radical (unpaired) electrons. The number of nitrogens with one attached hydrogen (secondary N) is 1. The quantitative estimate of drug-likeness (QED) is 0.479. The molecule has 0 unspecified atom stereocenters. The maximum Gasteiger partial charge on any atom is 0.350 e. The minimum absolute atomic E-state index is 0.206. The van der Waals surface area contributed by atoms with E-state index in [1.54, 1.807) is 36.7 Å². The zero-order valence-electron chi connectivity index (χ0n) is 17.1. The first kappa shape index (κ1) is 20.7. The molecule has 2 heterocycles. The number of anilines is 1. The molecule has 4 rings (SSSR count). The standard InChI is InChI=1S/C22H21N5O3S/c1-3-30-17-8-6-16(7-9-17)24-19(28)14-27-22(29)26-13-12-23-21(20(26)25-27)31-18-10-4-15(2)5-11-18/h4-13H,3,14H2,1-2H3,(H,24,28). The number of benzene rings is 2. The average molecular weight is 436 g/mol. The highest BCUT2D eigenvalue weighted by Crippen LogP contribution is 2.28. The van der Waals surface area contributed by atoms with E-state index in [2.05, 4.69) is 15.4 Å². The summed E-state index contributed by atoms with van der Waals surface area (Å²) < 4.78 is 7.93. The van der Waals surface area contributed by atoms with Gasteiger partial charge in [-0.1, -0.05) is 29.5 Å². The minimum Gasteiger partial charge on any atom is -0.494 e. The zero-order chi connectivity index (χ0) is 21.8. The second-order valence-electron chi connectivity index (χ2n) is 6.79. The Bertz CT molecular complexity index is 1260. The van der Waals surface area contributed by atoms with Crippen LogP contribution in [-0.4, -0.2) is 31.7 Å². The van der Waals surface area contributed by atoms with E-state index in [0.29, 0.717) is 23.0 Å². The van der Waals surface area contributed by atoms with Crippen molar-refractivity contribution in [2.45, 2.75) is 30.3 Å². The molecule has 0 aliphatic carbocycles. The minimum atomic E-state index is -0.398. The Morgan fingerprint density at radius 1 is 1.13 bits per heavy atom. The Labute approximate surface area is 182 Å². The summed E-state index contributed by atoms with van der Waals surface area (Å²) in [5.41, 5.74) is 1.79. The van der Waals surface area contributed by atoms with Gasteiger partial charge in [-0.2, -0.15) is 0 Å². The number of nitrogens with zero attached hydrogens (tertiary/aromatic N) is 4. The van der Waals surface area contributed by atoms with Gasteiger partial charge in [0, 0.05) is 23.0 Å². The van der Waals surface area contributed by atoms with Crippen molar-refractivity contribution in [2.24, 2.45) is 0 Å². The highest BCUT2D eigenvalue weighted by atomic mass is 32.2. The van der Waals surface area contributed by atoms with Gasteiger partial charge in [-0.15, -0.1) is 5.10 Å². The third kappa shape index (κ3) is 4.77. The number of carbonyl (C=O) groups is 1. The molecular weight excluding hydrogens is 414 g/mol. The van der Waals surface area contributed by atoms with Crippen LogP contribution in [0.4, 0.5) is 5.69 Å². The van der Waals surface area contributed by atoms with E-state index < -0.39 is 5.69 Å². The van der Waals surface area contributed by atoms with Crippen LogP contribution >= 0.6 is 11.8 Å². The first-order chi connectivity index (χ1) is 15.0. The topological polar surface area (TPSA) is 90.5 Å². The highest BCUT2D eigenvalue weighted by molar-refractivity contribution is 7.99. The van der Waals surface area contributed by atoms with Crippen LogP contribution in [-0.2, 0) is 11.3 Å². The van der Waals surface area contributed by atoms with E-state index in [-0.39, 0.29) is 12.5 Å². The van der Waals surface area contributed by atoms with Crippen molar-refractivity contribution in [3.63, 3.8) is 0 Å². The summed E-state index contributed by atoms with van der Waals surface area (Å²) in [5, 5.41) is 7.71. The fourth-order valence-electron chi connectivity index (χ4n) is 2.96. The summed E-state index contributed by atoms with van der Waals surface area (Å²) in [6, 6.07) is 15.0. The Morgan fingerprint density at radius 2 is 1.87 bits per heavy atom. The van der Waals surface area contributed by atoms with E-state index in [1.807, 2.05) is 38.1 Å². The van der Waals surface area contributed by atoms with Gasteiger partial charge in [0.2, 0.25) is 5.91 Å². The lowest BCUT2D eigenvalue weighted by Gasteiger charge is -2.06. The molecule has 0 saturated carbocycles. The van der Waals surface area contributed by atoms with Gasteiger partial charge in [0.05, 0.1) is 6.61 Å². The van der Waals surface area contributed by atoms with E-state index in [4.69, 9.17) is 4.74 Å². The number of aromatic nitrogens is 4. The molecule has 2 aromatic heterocycles. The summed E-state index contributed by atoms with van der Waals surface area (Å²) >= 11 is 1.42. The maximum atomic E-state index is 12.7. The first-order valence-electron chi connectivity index (χ1n) is 9.75. The molecule has 8 nitrogen and oxygen atoms in total. The third-order valence-corrected chi connectivity index (χ3v) is 5.44. The summed E-state index contributed by atoms with van der Waals surface area (Å²) in [7, 11) is 0. The molecule has 0 aliphatic heterocycles. The van der Waals surface area contributed by atoms with Gasteiger partial charge in [-0.3, -0.25) is 4.79 Å². The average Bonchev–Trinajstić information content (AvgIpc) is 3.08. The van der Waals surface area contributed by atoms with Crippen molar-refractivity contribution in [3.05, 3.63) is 77.0 Å². The Balaban J connectivity index is 1.52. The summed E-state index contributed by atoms with van der Waals surface area (Å²) in [6.45, 7) is 4.29. The SMILES string of the molecule is CCOc1ccc(NC(=O)Cn2nc3c(Sc4ccc(C)cc4)nccn3c2=O)cc1. The van der Waals surface area contributed by atoms with Crippen LogP contribution in [0.15, 0.2) is 75.6 Å². The van der Waals surface area contributed by atoms with Crippen LogP contribution < -0.4 is 15.7 Å². The van der Waals surface area contributed by atoms with Crippen LogP contribution in [0.5, 0.6) is 5.75 Å². The van der Waals surface area contributed by atoms with Crippen molar-refractivity contribution in [1.29, 1.82) is 0 Å². The van der Waals surface area contributed by atoms with Crippen molar-refractivity contribution < 1.29 is 9.53 Å². The second kappa shape index (κ2) is 9.05. The number of amides is 1. The molecule has 9 heteroatoms. The Hall–Kier alpha value is -3.59. The van der Waals surface area contributed by atoms with E-state index in [9.17, 15) is 9.59 Å². The van der Waals surface area contributed by atoms with Crippen LogP contribution in [0.3, 0.4) is 0 Å². The summed E-state index contributed by atoms with van der Waals surface area (Å²) in [6.07, 6.45) is 3.10. The fourth-order valence-corrected chi connectivity index (χ4v) is 3.80. The molecule has 0 aliphatic rings. The Kier molecular flexibility index (Phi) is 6.03. The van der Waals surface area contributed by atoms with Crippen molar-refractivity contribution >= 4 is 29.0 Å². The maximum absolute atomic E-state index is 12.7. The molecule has 4 aromatic rings. The van der Waals surface area contributed by atoms with Crippen molar-refractivity contribution in [1.82, 2.24) is 19.2 Å². The predicted octanol–water partition coefficient (Wildman–Crippen LogP) is 3.39. The molecule has 0 saturated heterocycles. The molecule has 31 heavy (non-hydrogen) atoms.